The summed E-state index contributed by atoms with van der Waals surface area (Å²) in [5.41, 5.74) is 0.367. The number of benzene rings is 2. The van der Waals surface area contributed by atoms with E-state index in [1.165, 1.54) is 19.3 Å². The molecule has 0 fully saturated rings. The van der Waals surface area contributed by atoms with E-state index in [-0.39, 0.29) is 17.9 Å². The van der Waals surface area contributed by atoms with Crippen molar-refractivity contribution >= 4 is 18.0 Å². The molecule has 0 aliphatic rings. The van der Waals surface area contributed by atoms with E-state index in [4.69, 9.17) is 24.2 Å². The van der Waals surface area contributed by atoms with Crippen LogP contribution in [0.5, 0.6) is 17.2 Å². The van der Waals surface area contributed by atoms with Crippen molar-refractivity contribution in [3.05, 3.63) is 59.7 Å². The molecule has 0 radical (unpaired) electrons. The maximum atomic E-state index is 12.3. The fraction of sp³-hybridized carbons (Fsp3) is 0.227. The third kappa shape index (κ3) is 6.40. The molecule has 1 unspecified atom stereocenters. The van der Waals surface area contributed by atoms with Crippen LogP contribution in [0, 0.1) is 11.3 Å². The maximum absolute atomic E-state index is 12.3. The molecule has 0 aliphatic carbocycles. The highest BCUT2D eigenvalue weighted by atomic mass is 16.6. The van der Waals surface area contributed by atoms with Gasteiger partial charge < -0.3 is 18.9 Å². The highest BCUT2D eigenvalue weighted by Gasteiger charge is 2.18. The largest absolute Gasteiger partial charge is 0.497 e. The molecule has 1 atom stereocenters. The lowest BCUT2D eigenvalue weighted by molar-refractivity contribution is -0.141. The minimum atomic E-state index is -0.865. The number of hydrogen-bond acceptors (Lipinski definition) is 7. The summed E-state index contributed by atoms with van der Waals surface area (Å²) in [7, 11) is 1.54. The number of carbonyl (C=O) groups excluding carboxylic acids is 2. The van der Waals surface area contributed by atoms with Crippen molar-refractivity contribution in [3.8, 4) is 23.3 Å². The SMILES string of the molecule is CCOC(=O)/C(C#N)=C/c1cccc(OC(=O)C(C)Oc2cccc(OC)c2)c1. The third-order valence-corrected chi connectivity index (χ3v) is 3.69. The molecule has 2 aromatic rings. The molecule has 0 heterocycles. The zero-order chi connectivity index (χ0) is 21.2. The number of nitrogens with zero attached hydrogens (tertiary/aromatic N) is 1. The minimum Gasteiger partial charge on any atom is -0.497 e. The van der Waals surface area contributed by atoms with E-state index in [1.807, 2.05) is 0 Å². The molecule has 0 aliphatic heterocycles. The van der Waals surface area contributed by atoms with Crippen molar-refractivity contribution in [3.63, 3.8) is 0 Å². The first-order valence-electron chi connectivity index (χ1n) is 8.88. The first-order valence-corrected chi connectivity index (χ1v) is 8.88. The summed E-state index contributed by atoms with van der Waals surface area (Å²) in [6.07, 6.45) is 0.501. The minimum absolute atomic E-state index is 0.148. The monoisotopic (exact) mass is 395 g/mol. The quantitative estimate of drug-likeness (QED) is 0.292. The van der Waals surface area contributed by atoms with Crippen LogP contribution in [0.4, 0.5) is 0 Å². The van der Waals surface area contributed by atoms with E-state index in [0.717, 1.165) is 0 Å². The first kappa shape index (κ1) is 21.5. The van der Waals surface area contributed by atoms with Gasteiger partial charge in [-0.2, -0.15) is 5.26 Å². The van der Waals surface area contributed by atoms with Gasteiger partial charge in [-0.25, -0.2) is 9.59 Å². The van der Waals surface area contributed by atoms with Gasteiger partial charge in [-0.1, -0.05) is 18.2 Å². The number of nitriles is 1. The Balaban J connectivity index is 2.07. The van der Waals surface area contributed by atoms with Crippen LogP contribution in [-0.4, -0.2) is 31.8 Å². The van der Waals surface area contributed by atoms with Crippen molar-refractivity contribution in [1.82, 2.24) is 0 Å². The smallest absolute Gasteiger partial charge is 0.352 e. The lowest BCUT2D eigenvalue weighted by Crippen LogP contribution is -2.28. The van der Waals surface area contributed by atoms with Crippen LogP contribution in [0.3, 0.4) is 0 Å². The molecular formula is C22H21NO6. The van der Waals surface area contributed by atoms with Gasteiger partial charge in [-0.15, -0.1) is 0 Å². The summed E-state index contributed by atoms with van der Waals surface area (Å²) < 4.78 is 20.9. The molecule has 29 heavy (non-hydrogen) atoms. The molecule has 0 bridgehead atoms. The number of esters is 2. The fourth-order valence-corrected chi connectivity index (χ4v) is 2.31. The van der Waals surface area contributed by atoms with Crippen molar-refractivity contribution in [2.45, 2.75) is 20.0 Å². The molecular weight excluding hydrogens is 374 g/mol. The van der Waals surface area contributed by atoms with Gasteiger partial charge in [0.15, 0.2) is 6.10 Å². The van der Waals surface area contributed by atoms with E-state index in [9.17, 15) is 9.59 Å². The predicted molar refractivity (Wildman–Crippen MR) is 105 cm³/mol. The van der Waals surface area contributed by atoms with E-state index in [1.54, 1.807) is 62.4 Å². The molecule has 0 saturated heterocycles. The van der Waals surface area contributed by atoms with Crippen LogP contribution >= 0.6 is 0 Å². The van der Waals surface area contributed by atoms with Crippen molar-refractivity contribution in [1.29, 1.82) is 5.26 Å². The molecule has 7 nitrogen and oxygen atoms in total. The Bertz CT molecular complexity index is 944. The van der Waals surface area contributed by atoms with E-state index in [2.05, 4.69) is 0 Å². The summed E-state index contributed by atoms with van der Waals surface area (Å²) in [5, 5.41) is 9.12. The number of carbonyl (C=O) groups is 2. The van der Waals surface area contributed by atoms with Gasteiger partial charge in [0, 0.05) is 6.07 Å². The summed E-state index contributed by atoms with van der Waals surface area (Å²) in [5.74, 6) is 0.0274. The molecule has 0 aromatic heterocycles. The van der Waals surface area contributed by atoms with E-state index < -0.39 is 18.0 Å². The normalized spacial score (nSPS) is 11.7. The van der Waals surface area contributed by atoms with Gasteiger partial charge >= 0.3 is 11.9 Å². The zero-order valence-corrected chi connectivity index (χ0v) is 16.4. The van der Waals surface area contributed by atoms with Crippen LogP contribution in [0.1, 0.15) is 19.4 Å². The second-order valence-corrected chi connectivity index (χ2v) is 5.82. The van der Waals surface area contributed by atoms with Gasteiger partial charge in [-0.3, -0.25) is 0 Å². The van der Waals surface area contributed by atoms with E-state index >= 15 is 0 Å². The van der Waals surface area contributed by atoms with Gasteiger partial charge in [-0.05, 0) is 49.8 Å². The summed E-state index contributed by atoms with van der Waals surface area (Å²) in [4.78, 5) is 24.1. The topological polar surface area (TPSA) is 94.9 Å². The fourth-order valence-electron chi connectivity index (χ4n) is 2.31. The highest BCUT2D eigenvalue weighted by Crippen LogP contribution is 2.21. The average molecular weight is 395 g/mol. The number of ether oxygens (including phenoxy) is 4. The van der Waals surface area contributed by atoms with Gasteiger partial charge in [0.25, 0.3) is 0 Å². The Morgan fingerprint density at radius 2 is 1.79 bits per heavy atom. The highest BCUT2D eigenvalue weighted by molar-refractivity contribution is 5.97. The Kier molecular flexibility index (Phi) is 7.80. The summed E-state index contributed by atoms with van der Waals surface area (Å²) >= 11 is 0. The number of methoxy groups -OCH3 is 1. The molecule has 150 valence electrons. The Labute approximate surface area is 169 Å². The van der Waals surface area contributed by atoms with Gasteiger partial charge in [0.2, 0.25) is 0 Å². The second-order valence-electron chi connectivity index (χ2n) is 5.82. The molecule has 0 spiro atoms. The van der Waals surface area contributed by atoms with Gasteiger partial charge in [0.05, 0.1) is 13.7 Å². The lowest BCUT2D eigenvalue weighted by Gasteiger charge is -2.14. The maximum Gasteiger partial charge on any atom is 0.352 e. The van der Waals surface area contributed by atoms with Crippen LogP contribution < -0.4 is 14.2 Å². The Morgan fingerprint density at radius 1 is 1.10 bits per heavy atom. The number of rotatable bonds is 8. The van der Waals surface area contributed by atoms with Crippen LogP contribution in [0.15, 0.2) is 54.1 Å². The van der Waals surface area contributed by atoms with Crippen LogP contribution in [-0.2, 0) is 14.3 Å². The zero-order valence-electron chi connectivity index (χ0n) is 16.4. The third-order valence-electron chi connectivity index (χ3n) is 3.69. The van der Waals surface area contributed by atoms with Crippen LogP contribution in [0.2, 0.25) is 0 Å². The predicted octanol–water partition coefficient (Wildman–Crippen LogP) is 3.54. The molecule has 0 N–H and O–H groups in total. The van der Waals surface area contributed by atoms with Crippen molar-refractivity contribution in [2.24, 2.45) is 0 Å². The molecule has 0 amide bonds. The summed E-state index contributed by atoms with van der Waals surface area (Å²) in [6, 6.07) is 15.1. The van der Waals surface area contributed by atoms with Crippen molar-refractivity contribution < 1.29 is 28.5 Å². The standard InChI is InChI=1S/C22H21NO6/c1-4-27-22(25)17(14-23)11-16-7-5-9-19(12-16)29-21(24)15(2)28-20-10-6-8-18(13-20)26-3/h5-13,15H,4H2,1-3H3/b17-11+. The average Bonchev–Trinajstić information content (AvgIpc) is 2.72. The van der Waals surface area contributed by atoms with Crippen LogP contribution in [0.25, 0.3) is 6.08 Å². The Morgan fingerprint density at radius 3 is 2.48 bits per heavy atom. The summed E-state index contributed by atoms with van der Waals surface area (Å²) in [6.45, 7) is 3.39. The second kappa shape index (κ2) is 10.5. The first-order chi connectivity index (χ1) is 14.0. The number of hydrogen-bond donors (Lipinski definition) is 0. The van der Waals surface area contributed by atoms with E-state index in [0.29, 0.717) is 17.1 Å². The molecule has 2 aromatic carbocycles. The van der Waals surface area contributed by atoms with Gasteiger partial charge in [0.1, 0.15) is 28.9 Å². The van der Waals surface area contributed by atoms with Crippen molar-refractivity contribution in [2.75, 3.05) is 13.7 Å². The Hall–Kier alpha value is -3.79. The molecule has 2 rings (SSSR count). The molecule has 0 saturated carbocycles. The molecule has 7 heteroatoms. The lowest BCUT2D eigenvalue weighted by atomic mass is 10.1.